The molecule has 0 radical (unpaired) electrons. The van der Waals surface area contributed by atoms with Gasteiger partial charge < -0.3 is 10.2 Å². The van der Waals surface area contributed by atoms with Crippen LogP contribution in [0.25, 0.3) is 0 Å². The third-order valence-corrected chi connectivity index (χ3v) is 2.76. The van der Waals surface area contributed by atoms with E-state index >= 15 is 0 Å². The minimum atomic E-state index is -1.23. The van der Waals surface area contributed by atoms with Crippen molar-refractivity contribution in [1.82, 2.24) is 19.6 Å². The molecule has 7 nitrogen and oxygen atoms in total. The molecule has 1 unspecified atom stereocenters. The summed E-state index contributed by atoms with van der Waals surface area (Å²) in [5.41, 5.74) is 0. The molecule has 0 aliphatic carbocycles. The van der Waals surface area contributed by atoms with Crippen LogP contribution in [0.1, 0.15) is 6.92 Å². The molecule has 0 aromatic rings. The second-order valence-corrected chi connectivity index (χ2v) is 4.55. The van der Waals surface area contributed by atoms with E-state index in [1.807, 2.05) is 0 Å². The van der Waals surface area contributed by atoms with Crippen LogP contribution in [0, 0.1) is 0 Å². The van der Waals surface area contributed by atoms with Gasteiger partial charge >= 0.3 is 5.97 Å². The van der Waals surface area contributed by atoms with Crippen LogP contribution in [0.4, 0.5) is 0 Å². The molecule has 4 bridgehead atoms. The van der Waals surface area contributed by atoms with Gasteiger partial charge in [-0.05, 0) is 6.92 Å². The van der Waals surface area contributed by atoms with Gasteiger partial charge in [0.25, 0.3) is 0 Å². The van der Waals surface area contributed by atoms with E-state index < -0.39 is 12.1 Å². The second-order valence-electron chi connectivity index (χ2n) is 4.55. The van der Waals surface area contributed by atoms with Gasteiger partial charge in [-0.25, -0.2) is 4.79 Å². The summed E-state index contributed by atoms with van der Waals surface area (Å²) < 4.78 is 0. The molecule has 4 aliphatic heterocycles. The summed E-state index contributed by atoms with van der Waals surface area (Å²) in [4.78, 5) is 19.3. The zero-order valence-corrected chi connectivity index (χ0v) is 12.4. The maximum absolute atomic E-state index is 9.45. The van der Waals surface area contributed by atoms with Crippen molar-refractivity contribution in [2.45, 2.75) is 13.0 Å². The number of rotatable bonds is 1. The predicted molar refractivity (Wildman–Crippen MR) is 55.9 cm³/mol. The summed E-state index contributed by atoms with van der Waals surface area (Å²) in [7, 11) is 0. The van der Waals surface area contributed by atoms with Gasteiger partial charge in [0.2, 0.25) is 0 Å². The Hall–Kier alpha value is 0.153. The van der Waals surface area contributed by atoms with Crippen LogP contribution in [0.3, 0.4) is 0 Å². The number of nitrogens with zero attached hydrogens (tertiary/aromatic N) is 4. The molecule has 4 fully saturated rings. The molecular weight excluding hydrogens is 303 g/mol. The topological polar surface area (TPSA) is 70.5 Å². The minimum Gasteiger partial charge on any atom is -0.479 e. The Kier molecular flexibility index (Phi) is 5.69. The molecule has 0 spiro atoms. The molecule has 17 heavy (non-hydrogen) atoms. The standard InChI is InChI=1S/C6H12N4.C3H6O3.Zr/c1-7-2-9-4-8(1)5-10(3-7)6-9;1-2(4)3(5)6;/h1-6H2;2,4H,1H3,(H,5,6);. The Balaban J connectivity index is 0.000000184. The van der Waals surface area contributed by atoms with Crippen molar-refractivity contribution in [3.8, 4) is 0 Å². The maximum Gasteiger partial charge on any atom is 0.332 e. The Morgan fingerprint density at radius 1 is 0.941 bits per heavy atom. The zero-order chi connectivity index (χ0) is 11.7. The summed E-state index contributed by atoms with van der Waals surface area (Å²) in [6.07, 6.45) is -1.23. The number of aliphatic carboxylic acids is 1. The minimum absolute atomic E-state index is 0. The van der Waals surface area contributed by atoms with E-state index in [-0.39, 0.29) is 26.2 Å². The maximum atomic E-state index is 9.45. The summed E-state index contributed by atoms with van der Waals surface area (Å²) in [5.74, 6) is -1.19. The number of carboxylic acid groups (broad SMARTS) is 1. The summed E-state index contributed by atoms with van der Waals surface area (Å²) >= 11 is 0. The summed E-state index contributed by atoms with van der Waals surface area (Å²) in [6, 6.07) is 0. The number of carboxylic acids is 1. The van der Waals surface area contributed by atoms with Gasteiger partial charge in [-0.2, -0.15) is 0 Å². The van der Waals surface area contributed by atoms with Crippen LogP contribution in [0.15, 0.2) is 0 Å². The Morgan fingerprint density at radius 2 is 1.12 bits per heavy atom. The quantitative estimate of drug-likeness (QED) is 0.605. The number of hydrogen-bond donors (Lipinski definition) is 2. The van der Waals surface area contributed by atoms with Gasteiger partial charge in [0, 0.05) is 26.2 Å². The first kappa shape index (κ1) is 15.2. The first-order valence-corrected chi connectivity index (χ1v) is 5.35. The van der Waals surface area contributed by atoms with E-state index in [4.69, 9.17) is 10.2 Å². The SMILES string of the molecule is C1N2CN3CN1CN(C2)C3.CC(O)C(=O)O.[Zr]. The molecule has 4 aliphatic rings. The smallest absolute Gasteiger partial charge is 0.332 e. The zero-order valence-electron chi connectivity index (χ0n) is 9.91. The fraction of sp³-hybridized carbons (Fsp3) is 0.889. The summed E-state index contributed by atoms with van der Waals surface area (Å²) in [6.45, 7) is 8.32. The van der Waals surface area contributed by atoms with Crippen molar-refractivity contribution in [2.75, 3.05) is 40.0 Å². The molecule has 0 saturated carbocycles. The van der Waals surface area contributed by atoms with E-state index in [2.05, 4.69) is 19.6 Å². The average Bonchev–Trinajstić information content (AvgIpc) is 2.15. The largest absolute Gasteiger partial charge is 0.479 e. The van der Waals surface area contributed by atoms with E-state index in [9.17, 15) is 4.79 Å². The van der Waals surface area contributed by atoms with Crippen molar-refractivity contribution in [2.24, 2.45) is 0 Å². The van der Waals surface area contributed by atoms with Crippen molar-refractivity contribution in [1.29, 1.82) is 0 Å². The molecule has 8 heteroatoms. The van der Waals surface area contributed by atoms with Crippen LogP contribution in [0.2, 0.25) is 0 Å². The molecule has 0 amide bonds. The van der Waals surface area contributed by atoms with Crippen molar-refractivity contribution >= 4 is 5.97 Å². The van der Waals surface area contributed by atoms with E-state index in [1.165, 1.54) is 46.9 Å². The van der Waals surface area contributed by atoms with Gasteiger partial charge in [-0.1, -0.05) is 0 Å². The van der Waals surface area contributed by atoms with Gasteiger partial charge in [-0.3, -0.25) is 19.6 Å². The predicted octanol–water partition coefficient (Wildman–Crippen LogP) is -1.57. The third-order valence-electron chi connectivity index (χ3n) is 2.76. The molecule has 0 aromatic heterocycles. The fourth-order valence-corrected chi connectivity index (χ4v) is 2.23. The van der Waals surface area contributed by atoms with Gasteiger partial charge in [0.05, 0.1) is 40.0 Å². The normalized spacial score (nSPS) is 38.7. The molecule has 0 aromatic carbocycles. The number of carbonyl (C=O) groups is 1. The van der Waals surface area contributed by atoms with Crippen LogP contribution in [-0.2, 0) is 31.0 Å². The van der Waals surface area contributed by atoms with Crippen LogP contribution < -0.4 is 0 Å². The molecule has 4 rings (SSSR count). The molecule has 1 atom stereocenters. The first-order chi connectivity index (χ1) is 7.54. The fourth-order valence-electron chi connectivity index (χ4n) is 2.23. The first-order valence-electron chi connectivity index (χ1n) is 5.35. The number of aliphatic hydroxyl groups excluding tert-OH is 1. The van der Waals surface area contributed by atoms with Gasteiger partial charge in [-0.15, -0.1) is 0 Å². The van der Waals surface area contributed by atoms with Crippen LogP contribution >= 0.6 is 0 Å². The monoisotopic (exact) mass is 320 g/mol. The van der Waals surface area contributed by atoms with Gasteiger partial charge in [0.15, 0.2) is 0 Å². The molecular formula is C9H18N4O3Zr. The third kappa shape index (κ3) is 4.08. The molecule has 2 N–H and O–H groups in total. The van der Waals surface area contributed by atoms with Crippen molar-refractivity contribution < 1.29 is 41.2 Å². The second kappa shape index (κ2) is 6.36. The van der Waals surface area contributed by atoms with Crippen molar-refractivity contribution in [3.05, 3.63) is 0 Å². The van der Waals surface area contributed by atoms with Crippen molar-refractivity contribution in [3.63, 3.8) is 0 Å². The van der Waals surface area contributed by atoms with Crippen LogP contribution in [-0.4, -0.2) is 81.9 Å². The van der Waals surface area contributed by atoms with E-state index in [0.29, 0.717) is 0 Å². The van der Waals surface area contributed by atoms with Crippen LogP contribution in [0.5, 0.6) is 0 Å². The Labute approximate surface area is 120 Å². The van der Waals surface area contributed by atoms with E-state index in [0.717, 1.165) is 0 Å². The molecule has 4 heterocycles. The van der Waals surface area contributed by atoms with Gasteiger partial charge in [0.1, 0.15) is 6.10 Å². The number of hydrogen-bond acceptors (Lipinski definition) is 6. The number of aliphatic hydroxyl groups is 1. The molecule has 96 valence electrons. The summed E-state index contributed by atoms with van der Waals surface area (Å²) in [5, 5.41) is 15.8. The Bertz CT molecular complexity index is 220. The average molecular weight is 321 g/mol. The molecule has 4 saturated heterocycles. The van der Waals surface area contributed by atoms with E-state index in [1.54, 1.807) is 0 Å². The Morgan fingerprint density at radius 3 is 1.24 bits per heavy atom.